The minimum Gasteiger partial charge on any atom is -0.496 e. The summed E-state index contributed by atoms with van der Waals surface area (Å²) in [6.07, 6.45) is 0.553. The van der Waals surface area contributed by atoms with E-state index in [2.05, 4.69) is 5.32 Å². The average Bonchev–Trinajstić information content (AvgIpc) is 2.83. The predicted octanol–water partition coefficient (Wildman–Crippen LogP) is 2.85. The van der Waals surface area contributed by atoms with E-state index in [1.807, 2.05) is 39.0 Å². The molecule has 1 amide bonds. The van der Waals surface area contributed by atoms with E-state index in [1.165, 1.54) is 17.0 Å². The molecule has 2 aromatic carbocycles. The number of benzene rings is 2. The summed E-state index contributed by atoms with van der Waals surface area (Å²) in [5.74, 6) is 1.19. The number of ether oxygens (including phenoxy) is 3. The van der Waals surface area contributed by atoms with Crippen LogP contribution in [-0.4, -0.2) is 64.7 Å². The Balaban J connectivity index is 1.57. The molecule has 1 saturated heterocycles. The van der Waals surface area contributed by atoms with Gasteiger partial charge in [0.05, 0.1) is 31.3 Å². The number of rotatable bonds is 10. The summed E-state index contributed by atoms with van der Waals surface area (Å²) in [7, 11) is -2.10. The molecular formula is C25H34N2O6S. The highest BCUT2D eigenvalue weighted by Crippen LogP contribution is 2.26. The highest BCUT2D eigenvalue weighted by molar-refractivity contribution is 7.89. The highest BCUT2D eigenvalue weighted by atomic mass is 32.2. The first-order valence-corrected chi connectivity index (χ1v) is 12.9. The fraction of sp³-hybridized carbons (Fsp3) is 0.480. The Morgan fingerprint density at radius 1 is 1.12 bits per heavy atom. The number of sulfonamides is 1. The second-order valence-electron chi connectivity index (χ2n) is 8.52. The summed E-state index contributed by atoms with van der Waals surface area (Å²) >= 11 is 0. The Morgan fingerprint density at radius 3 is 2.53 bits per heavy atom. The first-order chi connectivity index (χ1) is 16.2. The van der Waals surface area contributed by atoms with Gasteiger partial charge in [-0.25, -0.2) is 8.42 Å². The normalized spacial score (nSPS) is 15.5. The Labute approximate surface area is 202 Å². The molecule has 2 aromatic rings. The molecule has 1 unspecified atom stereocenters. The zero-order chi connectivity index (χ0) is 24.7. The van der Waals surface area contributed by atoms with Crippen LogP contribution in [0.5, 0.6) is 11.5 Å². The lowest BCUT2D eigenvalue weighted by atomic mass is 10.1. The fourth-order valence-electron chi connectivity index (χ4n) is 3.71. The minimum absolute atomic E-state index is 0.139. The molecule has 1 fully saturated rings. The predicted molar refractivity (Wildman–Crippen MR) is 130 cm³/mol. The monoisotopic (exact) mass is 490 g/mol. The van der Waals surface area contributed by atoms with Gasteiger partial charge in [0.15, 0.2) is 0 Å². The lowest BCUT2D eigenvalue weighted by Crippen LogP contribution is -2.40. The van der Waals surface area contributed by atoms with Crippen LogP contribution >= 0.6 is 0 Å². The van der Waals surface area contributed by atoms with Gasteiger partial charge in [0, 0.05) is 19.5 Å². The van der Waals surface area contributed by atoms with Gasteiger partial charge in [0.25, 0.3) is 0 Å². The molecule has 9 heteroatoms. The smallest absolute Gasteiger partial charge is 0.243 e. The maximum Gasteiger partial charge on any atom is 0.243 e. The largest absolute Gasteiger partial charge is 0.496 e. The Morgan fingerprint density at radius 2 is 1.85 bits per heavy atom. The Bertz CT molecular complexity index is 1100. The van der Waals surface area contributed by atoms with Gasteiger partial charge in [-0.15, -0.1) is 0 Å². The third kappa shape index (κ3) is 6.71. The maximum atomic E-state index is 13.0. The molecule has 1 aliphatic heterocycles. The summed E-state index contributed by atoms with van der Waals surface area (Å²) < 4.78 is 43.9. The first-order valence-electron chi connectivity index (χ1n) is 11.4. The number of nitrogens with one attached hydrogen (secondary N) is 1. The van der Waals surface area contributed by atoms with Crippen molar-refractivity contribution in [1.82, 2.24) is 9.62 Å². The Hall–Kier alpha value is -2.62. The molecule has 0 spiro atoms. The van der Waals surface area contributed by atoms with Gasteiger partial charge in [-0.2, -0.15) is 4.31 Å². The van der Waals surface area contributed by atoms with Crippen LogP contribution < -0.4 is 14.8 Å². The molecule has 1 N–H and O–H groups in total. The molecule has 0 aromatic heterocycles. The number of morpholine rings is 1. The van der Waals surface area contributed by atoms with E-state index < -0.39 is 10.0 Å². The van der Waals surface area contributed by atoms with E-state index in [0.717, 1.165) is 11.3 Å². The SMILES string of the molecule is COc1ccc(S(=O)(=O)N2CCOCC2)cc1CCC(=O)NC(C)COc1ccc(C)c(C)c1. The van der Waals surface area contributed by atoms with E-state index in [9.17, 15) is 13.2 Å². The van der Waals surface area contributed by atoms with Gasteiger partial charge in [0.2, 0.25) is 15.9 Å². The number of hydrogen-bond acceptors (Lipinski definition) is 6. The summed E-state index contributed by atoms with van der Waals surface area (Å²) in [6.45, 7) is 7.73. The van der Waals surface area contributed by atoms with Gasteiger partial charge in [0.1, 0.15) is 18.1 Å². The van der Waals surface area contributed by atoms with Crippen molar-refractivity contribution in [3.05, 3.63) is 53.1 Å². The topological polar surface area (TPSA) is 94.2 Å². The second kappa shape index (κ2) is 11.7. The molecule has 3 rings (SSSR count). The standard InChI is InChI=1S/C25H34N2O6S/c1-18-5-7-22(15-19(18)2)33-17-20(3)26-25(28)10-6-21-16-23(8-9-24(21)31-4)34(29,30)27-11-13-32-14-12-27/h5,7-9,15-16,20H,6,10-14,17H2,1-4H3,(H,26,28). The number of methoxy groups -OCH3 is 1. The summed E-state index contributed by atoms with van der Waals surface area (Å²) in [4.78, 5) is 12.7. The van der Waals surface area contributed by atoms with Crippen LogP contribution in [0.2, 0.25) is 0 Å². The molecular weight excluding hydrogens is 456 g/mol. The van der Waals surface area contributed by atoms with Crippen molar-refractivity contribution in [2.45, 2.75) is 44.6 Å². The lowest BCUT2D eigenvalue weighted by Gasteiger charge is -2.26. The summed E-state index contributed by atoms with van der Waals surface area (Å²) in [6, 6.07) is 10.5. The molecule has 186 valence electrons. The number of aryl methyl sites for hydroxylation is 3. The van der Waals surface area contributed by atoms with Crippen molar-refractivity contribution in [3.63, 3.8) is 0 Å². The van der Waals surface area contributed by atoms with Crippen LogP contribution in [-0.2, 0) is 26.0 Å². The van der Waals surface area contributed by atoms with E-state index in [0.29, 0.717) is 50.6 Å². The van der Waals surface area contributed by atoms with Crippen molar-refractivity contribution in [1.29, 1.82) is 0 Å². The van der Waals surface area contributed by atoms with Crippen LogP contribution in [0.1, 0.15) is 30.0 Å². The van der Waals surface area contributed by atoms with Gasteiger partial charge < -0.3 is 19.5 Å². The van der Waals surface area contributed by atoms with Crippen molar-refractivity contribution in [3.8, 4) is 11.5 Å². The average molecular weight is 491 g/mol. The van der Waals surface area contributed by atoms with Crippen molar-refractivity contribution >= 4 is 15.9 Å². The third-order valence-corrected chi connectivity index (χ3v) is 7.76. The van der Waals surface area contributed by atoms with Gasteiger partial charge >= 0.3 is 0 Å². The van der Waals surface area contributed by atoms with Crippen molar-refractivity contribution in [2.24, 2.45) is 0 Å². The second-order valence-corrected chi connectivity index (χ2v) is 10.5. The lowest BCUT2D eigenvalue weighted by molar-refractivity contribution is -0.121. The molecule has 1 heterocycles. The van der Waals surface area contributed by atoms with Gasteiger partial charge in [-0.3, -0.25) is 4.79 Å². The molecule has 1 atom stereocenters. The number of amides is 1. The van der Waals surface area contributed by atoms with Crippen molar-refractivity contribution in [2.75, 3.05) is 40.0 Å². The summed E-state index contributed by atoms with van der Waals surface area (Å²) in [5.41, 5.74) is 3.03. The van der Waals surface area contributed by atoms with Crippen LogP contribution in [0, 0.1) is 13.8 Å². The first kappa shape index (κ1) is 26.0. The molecule has 34 heavy (non-hydrogen) atoms. The van der Waals surface area contributed by atoms with Crippen LogP contribution in [0.4, 0.5) is 0 Å². The summed E-state index contributed by atoms with van der Waals surface area (Å²) in [5, 5.41) is 2.94. The van der Waals surface area contributed by atoms with Gasteiger partial charge in [-0.1, -0.05) is 6.07 Å². The molecule has 0 radical (unpaired) electrons. The quantitative estimate of drug-likeness (QED) is 0.551. The number of nitrogens with zero attached hydrogens (tertiary/aromatic N) is 1. The third-order valence-electron chi connectivity index (χ3n) is 5.87. The van der Waals surface area contributed by atoms with Gasteiger partial charge in [-0.05, 0) is 74.2 Å². The number of hydrogen-bond donors (Lipinski definition) is 1. The van der Waals surface area contributed by atoms with Crippen LogP contribution in [0.3, 0.4) is 0 Å². The van der Waals surface area contributed by atoms with Crippen LogP contribution in [0.15, 0.2) is 41.3 Å². The molecule has 1 aliphatic rings. The zero-order valence-corrected chi connectivity index (χ0v) is 21.1. The number of carbonyl (C=O) groups is 1. The van der Waals surface area contributed by atoms with E-state index >= 15 is 0 Å². The molecule has 0 bridgehead atoms. The number of carbonyl (C=O) groups excluding carboxylic acids is 1. The molecule has 0 saturated carbocycles. The van der Waals surface area contributed by atoms with Crippen molar-refractivity contribution < 1.29 is 27.4 Å². The fourth-order valence-corrected chi connectivity index (χ4v) is 5.17. The maximum absolute atomic E-state index is 13.0. The molecule has 8 nitrogen and oxygen atoms in total. The Kier molecular flexibility index (Phi) is 8.93. The highest BCUT2D eigenvalue weighted by Gasteiger charge is 2.27. The van der Waals surface area contributed by atoms with E-state index in [4.69, 9.17) is 14.2 Å². The minimum atomic E-state index is -3.63. The molecule has 0 aliphatic carbocycles. The van der Waals surface area contributed by atoms with E-state index in [1.54, 1.807) is 18.2 Å². The van der Waals surface area contributed by atoms with Crippen LogP contribution in [0.25, 0.3) is 0 Å². The zero-order valence-electron chi connectivity index (χ0n) is 20.3. The van der Waals surface area contributed by atoms with E-state index in [-0.39, 0.29) is 23.3 Å².